The van der Waals surface area contributed by atoms with Crippen LogP contribution in [0.4, 0.5) is 30.4 Å². The number of non-ortho nitro benzene ring substituents is 1. The van der Waals surface area contributed by atoms with E-state index in [4.69, 9.17) is 24.8 Å². The highest BCUT2D eigenvalue weighted by atomic mass is 35.5. The second kappa shape index (κ2) is 15.9. The minimum absolute atomic E-state index is 0.0278. The monoisotopic (exact) mass is 717 g/mol. The number of H-pyrrole nitrogens is 1. The summed E-state index contributed by atoms with van der Waals surface area (Å²) in [5, 5.41) is 20.5. The van der Waals surface area contributed by atoms with Crippen LogP contribution in [0.5, 0.6) is 5.75 Å². The molecule has 0 spiro atoms. The summed E-state index contributed by atoms with van der Waals surface area (Å²) in [5.74, 6) is -0.213. The lowest BCUT2D eigenvalue weighted by Gasteiger charge is -2.12. The number of primary amides is 1. The summed E-state index contributed by atoms with van der Waals surface area (Å²) in [6, 6.07) is 22.7. The first-order valence-corrected chi connectivity index (χ1v) is 15.2. The van der Waals surface area contributed by atoms with Crippen LogP contribution in [0.3, 0.4) is 0 Å². The number of halogens is 4. The number of carbonyl (C=O) groups excluding carboxylic acids is 1. The van der Waals surface area contributed by atoms with E-state index >= 15 is 0 Å². The van der Waals surface area contributed by atoms with Gasteiger partial charge in [-0.2, -0.15) is 18.3 Å². The number of benzene rings is 3. The molecule has 0 atom stereocenters. The van der Waals surface area contributed by atoms with Crippen LogP contribution in [-0.4, -0.2) is 43.1 Å². The summed E-state index contributed by atoms with van der Waals surface area (Å²) in [4.78, 5) is 33.6. The quantitative estimate of drug-likeness (QED) is 0.0953. The summed E-state index contributed by atoms with van der Waals surface area (Å²) in [5.41, 5.74) is 6.81. The molecule has 1 amide bonds. The molecule has 3 heterocycles. The molecule has 0 saturated heterocycles. The average Bonchev–Trinajstić information content (AvgIpc) is 3.68. The van der Waals surface area contributed by atoms with Gasteiger partial charge in [-0.05, 0) is 47.5 Å². The van der Waals surface area contributed by atoms with E-state index in [1.165, 1.54) is 43.8 Å². The van der Waals surface area contributed by atoms with Gasteiger partial charge >= 0.3 is 6.18 Å². The largest absolute Gasteiger partial charge is 0.494 e. The third kappa shape index (κ3) is 9.86. The highest BCUT2D eigenvalue weighted by Crippen LogP contribution is 2.33. The second-order valence-electron chi connectivity index (χ2n) is 10.6. The van der Waals surface area contributed by atoms with Crippen molar-refractivity contribution in [3.05, 3.63) is 141 Å². The Kier molecular flexibility index (Phi) is 10.3. The van der Waals surface area contributed by atoms with Gasteiger partial charge in [0, 0.05) is 61.0 Å². The first-order valence-electron chi connectivity index (χ1n) is 15.8. The smallest absolute Gasteiger partial charge is 0.433 e. The first kappa shape index (κ1) is 33.2. The predicted molar refractivity (Wildman–Crippen MR) is 184 cm³/mol. The van der Waals surface area contributed by atoms with Crippen LogP contribution in [-0.2, 0) is 23.8 Å². The number of aromatic nitrogens is 5. The van der Waals surface area contributed by atoms with Crippen molar-refractivity contribution in [1.82, 2.24) is 25.1 Å². The molecule has 4 N–H and O–H groups in total. The summed E-state index contributed by atoms with van der Waals surface area (Å²) in [6.07, 6.45) is -3.60. The number of amides is 1. The molecule has 3 aromatic carbocycles. The molecule has 6 rings (SSSR count). The van der Waals surface area contributed by atoms with Gasteiger partial charge in [0.15, 0.2) is 11.5 Å². The zero-order valence-corrected chi connectivity index (χ0v) is 27.2. The molecule has 12 nitrogen and oxygen atoms in total. The Morgan fingerprint density at radius 2 is 1.75 bits per heavy atom. The Morgan fingerprint density at radius 3 is 2.39 bits per heavy atom. The summed E-state index contributed by atoms with van der Waals surface area (Å²) in [6.45, 7) is 0. The average molecular weight is 718 g/mol. The number of nitro benzene ring substituents is 1. The van der Waals surface area contributed by atoms with E-state index in [-0.39, 0.29) is 29.4 Å². The number of aromatic amines is 1. The van der Waals surface area contributed by atoms with Gasteiger partial charge in [-0.15, -0.1) is 0 Å². The van der Waals surface area contributed by atoms with Gasteiger partial charge in [-0.1, -0.05) is 48.0 Å². The molecule has 0 unspecified atom stereocenters. The molecule has 6 aromatic rings. The number of nitrogens with zero attached hydrogens (tertiary/aromatic N) is 5. The van der Waals surface area contributed by atoms with E-state index in [1.807, 2.05) is 0 Å². The highest BCUT2D eigenvalue weighted by molar-refractivity contribution is 6.30. The number of ether oxygens (including phenoxy) is 1. The third-order valence-corrected chi connectivity index (χ3v) is 7.12. The number of carbonyl (C=O) groups is 1. The number of anilines is 2. The molecular weight excluding hydrogens is 688 g/mol. The topological polar surface area (TPSA) is 175 Å². The van der Waals surface area contributed by atoms with Crippen LogP contribution in [0, 0.1) is 10.1 Å². The molecular formula is C35H28ClF3N8O4. The molecule has 0 fully saturated rings. The van der Waals surface area contributed by atoms with Crippen LogP contribution in [0.2, 0.25) is 5.02 Å². The van der Waals surface area contributed by atoms with Gasteiger partial charge in [0.05, 0.1) is 24.7 Å². The lowest BCUT2D eigenvalue weighted by atomic mass is 10.1. The molecule has 0 aliphatic heterocycles. The fraction of sp³-hybridized carbons (Fsp3) is 0.114. The molecule has 260 valence electrons. The molecule has 0 aliphatic rings. The second-order valence-corrected chi connectivity index (χ2v) is 11.0. The molecule has 0 bridgehead atoms. The maximum atomic E-state index is 13.3. The van der Waals surface area contributed by atoms with Crippen molar-refractivity contribution < 1.29 is 30.4 Å². The van der Waals surface area contributed by atoms with Crippen LogP contribution < -0.4 is 15.8 Å². The lowest BCUT2D eigenvalue weighted by molar-refractivity contribution is -0.384. The number of pyridine rings is 1. The van der Waals surface area contributed by atoms with Crippen LogP contribution in [0.25, 0.3) is 22.6 Å². The van der Waals surface area contributed by atoms with Crippen molar-refractivity contribution >= 4 is 34.7 Å². The van der Waals surface area contributed by atoms with E-state index in [0.717, 1.165) is 6.07 Å². The first-order chi connectivity index (χ1) is 25.1. The Balaban J connectivity index is 0.000000206. The molecule has 0 aliphatic carbocycles. The molecule has 0 saturated carbocycles. The van der Waals surface area contributed by atoms with Crippen LogP contribution in [0.15, 0.2) is 103 Å². The van der Waals surface area contributed by atoms with E-state index in [0.29, 0.717) is 44.4 Å². The van der Waals surface area contributed by atoms with Crippen molar-refractivity contribution in [3.8, 4) is 28.4 Å². The highest BCUT2D eigenvalue weighted by Gasteiger charge is 2.34. The van der Waals surface area contributed by atoms with E-state index in [9.17, 15) is 28.1 Å². The standard InChI is InChI=1S/C19H14ClF3N4O.C16H14N4O3/c20-13-3-1-2-12(9-13)18-26-15(19(21,22)23)10-17(27-18)25-14-6-4-11(5-7-14)8-16(24)28;1-23-15-6-5-13(7-11-9-17-18-10-11)19-16(15)12-3-2-4-14(8-12)20(21)22/h1-7,9-10H,8H2,(H2,24,28)(H,25,26,27);2-6,8-10H,7H2,1H3,(H,17,18)/i;1-1,7D2. The van der Waals surface area contributed by atoms with Crippen molar-refractivity contribution in [1.29, 1.82) is 0 Å². The maximum Gasteiger partial charge on any atom is 0.433 e. The number of nitro groups is 1. The number of hydrogen-bond acceptors (Lipinski definition) is 9. The molecule has 3 aromatic heterocycles. The molecule has 51 heavy (non-hydrogen) atoms. The SMILES string of the molecule is NC(=O)Cc1ccc(Nc2cc(C(F)(F)F)nc(-c3cccc(Cl)c3)n2)cc1.[2H]C([2H])(c1cn[nH]c1)c1ccc(O[11CH3])c(-c2cccc([N+](=O)[O-])c2)n1. The number of nitrogens with one attached hydrogen (secondary N) is 2. The molecule has 0 radical (unpaired) electrons. The third-order valence-electron chi connectivity index (χ3n) is 6.88. The number of hydrogen-bond donors (Lipinski definition) is 3. The number of nitrogens with two attached hydrogens (primary N) is 1. The minimum Gasteiger partial charge on any atom is -0.494 e. The summed E-state index contributed by atoms with van der Waals surface area (Å²) < 4.78 is 61.7. The van der Waals surface area contributed by atoms with Crippen molar-refractivity contribution in [2.24, 2.45) is 5.73 Å². The number of alkyl halides is 3. The van der Waals surface area contributed by atoms with Crippen LogP contribution in [0.1, 0.15) is 25.3 Å². The molecule has 16 heteroatoms. The number of methoxy groups -OCH3 is 1. The Hall–Kier alpha value is -6.35. The number of rotatable bonds is 10. The van der Waals surface area contributed by atoms with E-state index < -0.39 is 29.1 Å². The van der Waals surface area contributed by atoms with Gasteiger partial charge in [-0.25, -0.2) is 15.0 Å². The minimum atomic E-state index is -4.64. The Labute approximate surface area is 296 Å². The van der Waals surface area contributed by atoms with Gasteiger partial charge < -0.3 is 15.8 Å². The lowest BCUT2D eigenvalue weighted by Crippen LogP contribution is -2.13. The van der Waals surface area contributed by atoms with E-state index in [1.54, 1.807) is 60.7 Å². The van der Waals surface area contributed by atoms with Crippen molar-refractivity contribution in [3.63, 3.8) is 0 Å². The fourth-order valence-electron chi connectivity index (χ4n) is 4.59. The Morgan fingerprint density at radius 1 is 1.00 bits per heavy atom. The zero-order chi connectivity index (χ0) is 38.3. The van der Waals surface area contributed by atoms with Gasteiger partial charge in [0.1, 0.15) is 17.3 Å². The van der Waals surface area contributed by atoms with Gasteiger partial charge in [0.2, 0.25) is 5.91 Å². The summed E-state index contributed by atoms with van der Waals surface area (Å²) >= 11 is 5.92. The van der Waals surface area contributed by atoms with Crippen LogP contribution >= 0.6 is 11.6 Å². The maximum absolute atomic E-state index is 13.3. The predicted octanol–water partition coefficient (Wildman–Crippen LogP) is 7.57. The zero-order valence-electron chi connectivity index (χ0n) is 28.5. The van der Waals surface area contributed by atoms with Crippen molar-refractivity contribution in [2.45, 2.75) is 19.0 Å². The normalized spacial score (nSPS) is 11.8. The van der Waals surface area contributed by atoms with Gasteiger partial charge in [0.25, 0.3) is 5.69 Å². The fourth-order valence-corrected chi connectivity index (χ4v) is 4.78. The summed E-state index contributed by atoms with van der Waals surface area (Å²) in [7, 11) is 1.46. The van der Waals surface area contributed by atoms with E-state index in [2.05, 4.69) is 30.5 Å². The van der Waals surface area contributed by atoms with Crippen molar-refractivity contribution in [2.75, 3.05) is 12.4 Å². The van der Waals surface area contributed by atoms with Gasteiger partial charge in [-0.3, -0.25) is 20.0 Å². The Bertz CT molecular complexity index is 2240.